The van der Waals surface area contributed by atoms with Crippen molar-refractivity contribution in [2.75, 3.05) is 25.9 Å². The molecule has 0 spiro atoms. The van der Waals surface area contributed by atoms with Crippen LogP contribution in [0.15, 0.2) is 29.3 Å². The number of para-hydroxylation sites is 2. The zero-order chi connectivity index (χ0) is 17.7. The number of nitrogens with one attached hydrogen (secondary N) is 2. The monoisotopic (exact) mass is 359 g/mol. The highest BCUT2D eigenvalue weighted by molar-refractivity contribution is 8.00. The molecule has 1 aliphatic rings. The Balaban J connectivity index is 1.46. The summed E-state index contributed by atoms with van der Waals surface area (Å²) in [5.41, 5.74) is 2.29. The fourth-order valence-electron chi connectivity index (χ4n) is 3.39. The van der Waals surface area contributed by atoms with Crippen LogP contribution in [0.25, 0.3) is 11.0 Å². The van der Waals surface area contributed by atoms with Crippen molar-refractivity contribution in [2.45, 2.75) is 44.4 Å². The first-order chi connectivity index (χ1) is 12.1. The third-order valence-corrected chi connectivity index (χ3v) is 6.39. The van der Waals surface area contributed by atoms with Crippen molar-refractivity contribution >= 4 is 28.8 Å². The molecule has 0 aliphatic carbocycles. The van der Waals surface area contributed by atoms with E-state index >= 15 is 0 Å². The van der Waals surface area contributed by atoms with E-state index in [0.717, 1.165) is 43.4 Å². The number of nitrogens with zero attached hydrogens (tertiary/aromatic N) is 3. The number of imidazole rings is 1. The van der Waals surface area contributed by atoms with Crippen LogP contribution >= 0.6 is 11.8 Å². The highest BCUT2D eigenvalue weighted by atomic mass is 32.2. The average molecular weight is 360 g/mol. The predicted octanol–water partition coefficient (Wildman–Crippen LogP) is 3.19. The molecule has 2 N–H and O–H groups in total. The lowest BCUT2D eigenvalue weighted by atomic mass is 10.1. The van der Waals surface area contributed by atoms with Crippen molar-refractivity contribution in [1.29, 1.82) is 0 Å². The second-order valence-electron chi connectivity index (χ2n) is 6.91. The van der Waals surface area contributed by atoms with Crippen molar-refractivity contribution in [3.63, 3.8) is 0 Å². The van der Waals surface area contributed by atoms with E-state index in [-0.39, 0.29) is 0 Å². The fraction of sp³-hybridized carbons (Fsp3) is 0.579. The number of aliphatic imine (C=N–C) groups is 1. The molecule has 0 radical (unpaired) electrons. The quantitative estimate of drug-likeness (QED) is 0.472. The van der Waals surface area contributed by atoms with Crippen LogP contribution in [-0.4, -0.2) is 46.1 Å². The van der Waals surface area contributed by atoms with Crippen molar-refractivity contribution < 1.29 is 0 Å². The molecule has 1 saturated heterocycles. The largest absolute Gasteiger partial charge is 0.356 e. The second-order valence-corrected chi connectivity index (χ2v) is 8.59. The van der Waals surface area contributed by atoms with Gasteiger partial charge >= 0.3 is 0 Å². The molecule has 136 valence electrons. The Morgan fingerprint density at radius 1 is 1.36 bits per heavy atom. The zero-order valence-electron chi connectivity index (χ0n) is 15.5. The van der Waals surface area contributed by atoms with Gasteiger partial charge in [-0.1, -0.05) is 12.1 Å². The van der Waals surface area contributed by atoms with E-state index in [1.165, 1.54) is 24.1 Å². The van der Waals surface area contributed by atoms with Gasteiger partial charge in [-0.05, 0) is 51.0 Å². The molecular weight excluding hydrogens is 330 g/mol. The third kappa shape index (κ3) is 4.48. The molecule has 1 aromatic carbocycles. The average Bonchev–Trinajstić information content (AvgIpc) is 3.18. The van der Waals surface area contributed by atoms with Gasteiger partial charge in [0.05, 0.1) is 11.0 Å². The van der Waals surface area contributed by atoms with Crippen LogP contribution in [0.5, 0.6) is 0 Å². The molecule has 1 atom stereocenters. The maximum Gasteiger partial charge on any atom is 0.191 e. The molecule has 5 nitrogen and oxygen atoms in total. The molecule has 3 rings (SSSR count). The lowest BCUT2D eigenvalue weighted by molar-refractivity contribution is 0.579. The summed E-state index contributed by atoms with van der Waals surface area (Å²) in [6, 6.07) is 8.33. The van der Waals surface area contributed by atoms with Crippen molar-refractivity contribution in [1.82, 2.24) is 20.2 Å². The summed E-state index contributed by atoms with van der Waals surface area (Å²) in [5, 5.41) is 6.92. The Morgan fingerprint density at radius 3 is 2.96 bits per heavy atom. The van der Waals surface area contributed by atoms with Crippen molar-refractivity contribution in [3.8, 4) is 0 Å². The smallest absolute Gasteiger partial charge is 0.191 e. The third-order valence-electron chi connectivity index (χ3n) is 4.85. The Kier molecular flexibility index (Phi) is 5.89. The van der Waals surface area contributed by atoms with Crippen LogP contribution in [0, 0.1) is 6.92 Å². The fourth-order valence-corrected chi connectivity index (χ4v) is 4.63. The minimum atomic E-state index is 0.352. The van der Waals surface area contributed by atoms with Gasteiger partial charge in [-0.2, -0.15) is 11.8 Å². The molecule has 25 heavy (non-hydrogen) atoms. The molecule has 1 aromatic heterocycles. The van der Waals surface area contributed by atoms with E-state index in [2.05, 4.69) is 69.0 Å². The molecule has 2 heterocycles. The number of fused-ring (bicyclic) bond motifs is 1. The molecule has 0 bridgehead atoms. The van der Waals surface area contributed by atoms with E-state index in [1.54, 1.807) is 0 Å². The number of aryl methyl sites for hydroxylation is 2. The van der Waals surface area contributed by atoms with Crippen LogP contribution in [0.3, 0.4) is 0 Å². The van der Waals surface area contributed by atoms with Gasteiger partial charge in [0, 0.05) is 31.4 Å². The van der Waals surface area contributed by atoms with Crippen LogP contribution in [0.4, 0.5) is 0 Å². The van der Waals surface area contributed by atoms with Crippen molar-refractivity contribution in [3.05, 3.63) is 30.1 Å². The first kappa shape index (κ1) is 18.1. The standard InChI is InChI=1S/C19H29N5S/c1-15-23-16-8-4-5-9-17(16)24(15)12-7-11-21-18(20-3)22-14-19(2)10-6-13-25-19/h4-5,8-9H,6-7,10-14H2,1-3H3,(H2,20,21,22). The summed E-state index contributed by atoms with van der Waals surface area (Å²) in [6.45, 7) is 7.26. The lowest BCUT2D eigenvalue weighted by Crippen LogP contribution is -2.44. The molecule has 1 aliphatic heterocycles. The number of hydrogen-bond acceptors (Lipinski definition) is 3. The van der Waals surface area contributed by atoms with Gasteiger partial charge in [0.2, 0.25) is 0 Å². The molecule has 1 unspecified atom stereocenters. The molecule has 6 heteroatoms. The Bertz CT molecular complexity index is 730. The molecule has 0 saturated carbocycles. The van der Waals surface area contributed by atoms with Gasteiger partial charge in [-0.3, -0.25) is 4.99 Å². The van der Waals surface area contributed by atoms with Gasteiger partial charge in [-0.25, -0.2) is 4.98 Å². The summed E-state index contributed by atoms with van der Waals surface area (Å²) in [4.78, 5) is 8.98. The lowest BCUT2D eigenvalue weighted by Gasteiger charge is -2.24. The Morgan fingerprint density at radius 2 is 2.20 bits per heavy atom. The first-order valence-corrected chi connectivity index (χ1v) is 10.1. The number of benzene rings is 1. The second kappa shape index (κ2) is 8.13. The van der Waals surface area contributed by atoms with Crippen LogP contribution in [-0.2, 0) is 6.54 Å². The predicted molar refractivity (Wildman–Crippen MR) is 109 cm³/mol. The van der Waals surface area contributed by atoms with Crippen LogP contribution in [0.2, 0.25) is 0 Å². The maximum absolute atomic E-state index is 4.63. The van der Waals surface area contributed by atoms with E-state index in [4.69, 9.17) is 0 Å². The summed E-state index contributed by atoms with van der Waals surface area (Å²) in [7, 11) is 1.84. The highest BCUT2D eigenvalue weighted by Gasteiger charge is 2.29. The number of hydrogen-bond donors (Lipinski definition) is 2. The van der Waals surface area contributed by atoms with Gasteiger partial charge in [0.25, 0.3) is 0 Å². The summed E-state index contributed by atoms with van der Waals surface area (Å²) < 4.78 is 2.65. The van der Waals surface area contributed by atoms with Gasteiger partial charge < -0.3 is 15.2 Å². The molecule has 1 fully saturated rings. The van der Waals surface area contributed by atoms with E-state index in [0.29, 0.717) is 4.75 Å². The molecule has 2 aromatic rings. The topological polar surface area (TPSA) is 54.2 Å². The van der Waals surface area contributed by atoms with E-state index in [1.807, 2.05) is 13.1 Å². The molecular formula is C19H29N5S. The van der Waals surface area contributed by atoms with Gasteiger partial charge in [0.1, 0.15) is 5.82 Å². The van der Waals surface area contributed by atoms with E-state index < -0.39 is 0 Å². The van der Waals surface area contributed by atoms with Gasteiger partial charge in [0.15, 0.2) is 5.96 Å². The van der Waals surface area contributed by atoms with Crippen LogP contribution < -0.4 is 10.6 Å². The first-order valence-electron chi connectivity index (χ1n) is 9.12. The van der Waals surface area contributed by atoms with E-state index in [9.17, 15) is 0 Å². The Labute approximate surface area is 154 Å². The minimum Gasteiger partial charge on any atom is -0.356 e. The number of guanidine groups is 1. The van der Waals surface area contributed by atoms with Crippen molar-refractivity contribution in [2.24, 2.45) is 4.99 Å². The number of thioether (sulfide) groups is 1. The highest BCUT2D eigenvalue weighted by Crippen LogP contribution is 2.36. The Hall–Kier alpha value is -1.69. The minimum absolute atomic E-state index is 0.352. The zero-order valence-corrected chi connectivity index (χ0v) is 16.3. The number of rotatable bonds is 6. The number of aromatic nitrogens is 2. The SMILES string of the molecule is CN=C(NCCCn1c(C)nc2ccccc21)NCC1(C)CCCS1. The summed E-state index contributed by atoms with van der Waals surface area (Å²) in [5.74, 6) is 3.26. The normalized spacial score (nSPS) is 21.0. The maximum atomic E-state index is 4.63. The van der Waals surface area contributed by atoms with Crippen LogP contribution in [0.1, 0.15) is 32.0 Å². The summed E-state index contributed by atoms with van der Waals surface area (Å²) in [6.07, 6.45) is 3.65. The molecule has 0 amide bonds. The summed E-state index contributed by atoms with van der Waals surface area (Å²) >= 11 is 2.07. The van der Waals surface area contributed by atoms with Gasteiger partial charge in [-0.15, -0.1) is 0 Å².